The van der Waals surface area contributed by atoms with Crippen LogP contribution in [0.1, 0.15) is 6.42 Å². The molecule has 32 heavy (non-hydrogen) atoms. The monoisotopic (exact) mass is 436 g/mol. The van der Waals surface area contributed by atoms with Crippen molar-refractivity contribution in [3.63, 3.8) is 0 Å². The van der Waals surface area contributed by atoms with E-state index in [1.807, 2.05) is 48.5 Å². The van der Waals surface area contributed by atoms with Crippen LogP contribution in [0.15, 0.2) is 60.7 Å². The van der Waals surface area contributed by atoms with Crippen molar-refractivity contribution in [3.8, 4) is 22.6 Å². The van der Waals surface area contributed by atoms with Gasteiger partial charge < -0.3 is 25.0 Å². The fraction of sp³-hybridized carbons (Fsp3) is 0.385. The second kappa shape index (κ2) is 10.8. The summed E-state index contributed by atoms with van der Waals surface area (Å²) in [5.74, 6) is 0.988. The summed E-state index contributed by atoms with van der Waals surface area (Å²) in [5, 5.41) is 31.4. The molecule has 1 fully saturated rings. The summed E-state index contributed by atoms with van der Waals surface area (Å²) in [6, 6.07) is 19.2. The Labute approximate surface area is 189 Å². The van der Waals surface area contributed by atoms with E-state index in [1.54, 1.807) is 12.1 Å². The number of aliphatic hydroxyl groups is 2. The van der Waals surface area contributed by atoms with Crippen LogP contribution in [-0.4, -0.2) is 83.7 Å². The lowest BCUT2D eigenvalue weighted by molar-refractivity contribution is 0.0454. The highest BCUT2D eigenvalue weighted by Crippen LogP contribution is 2.35. The van der Waals surface area contributed by atoms with Crippen LogP contribution in [0.4, 0.5) is 0 Å². The minimum Gasteiger partial charge on any atom is -0.508 e. The molecule has 0 spiro atoms. The zero-order valence-electron chi connectivity index (χ0n) is 18.4. The topological polar surface area (TPSA) is 76.4 Å². The zero-order valence-corrected chi connectivity index (χ0v) is 18.4. The van der Waals surface area contributed by atoms with E-state index in [0.29, 0.717) is 6.54 Å². The number of ether oxygens (including phenoxy) is 1. The van der Waals surface area contributed by atoms with Gasteiger partial charge in [0.1, 0.15) is 24.2 Å². The van der Waals surface area contributed by atoms with Crippen molar-refractivity contribution in [2.45, 2.75) is 12.5 Å². The van der Waals surface area contributed by atoms with Crippen molar-refractivity contribution in [3.05, 3.63) is 60.7 Å². The average Bonchev–Trinajstić information content (AvgIpc) is 2.82. The molecule has 1 aliphatic heterocycles. The first-order valence-corrected chi connectivity index (χ1v) is 11.3. The number of aromatic hydroxyl groups is 1. The van der Waals surface area contributed by atoms with E-state index in [0.717, 1.165) is 66.8 Å². The summed E-state index contributed by atoms with van der Waals surface area (Å²) < 4.78 is 6.05. The molecule has 4 rings (SSSR count). The van der Waals surface area contributed by atoms with E-state index in [2.05, 4.69) is 9.80 Å². The predicted molar refractivity (Wildman–Crippen MR) is 127 cm³/mol. The number of phenolic OH excluding ortho intramolecular Hbond substituents is 1. The van der Waals surface area contributed by atoms with E-state index >= 15 is 0 Å². The summed E-state index contributed by atoms with van der Waals surface area (Å²) in [4.78, 5) is 4.63. The molecule has 6 nitrogen and oxygen atoms in total. The highest BCUT2D eigenvalue weighted by Gasteiger charge is 2.19. The highest BCUT2D eigenvalue weighted by atomic mass is 16.5. The highest BCUT2D eigenvalue weighted by molar-refractivity contribution is 6.00. The number of rotatable bonds is 9. The van der Waals surface area contributed by atoms with Gasteiger partial charge in [-0.05, 0) is 41.1 Å². The number of fused-ring (bicyclic) bond motifs is 1. The van der Waals surface area contributed by atoms with Gasteiger partial charge in [-0.25, -0.2) is 0 Å². The lowest BCUT2D eigenvalue weighted by Crippen LogP contribution is -2.49. The van der Waals surface area contributed by atoms with E-state index in [1.165, 1.54) is 0 Å². The second-order valence-corrected chi connectivity index (χ2v) is 8.39. The van der Waals surface area contributed by atoms with Gasteiger partial charge >= 0.3 is 0 Å². The Bertz CT molecular complexity index is 1020. The van der Waals surface area contributed by atoms with Crippen molar-refractivity contribution in [1.82, 2.24) is 9.80 Å². The second-order valence-electron chi connectivity index (χ2n) is 8.39. The molecular formula is C26H32N2O4. The molecule has 0 aromatic heterocycles. The summed E-state index contributed by atoms with van der Waals surface area (Å²) in [6.45, 7) is 5.77. The van der Waals surface area contributed by atoms with Crippen LogP contribution >= 0.6 is 0 Å². The van der Waals surface area contributed by atoms with Crippen LogP contribution < -0.4 is 4.74 Å². The number of hydrogen-bond donors (Lipinski definition) is 3. The smallest absolute Gasteiger partial charge is 0.127 e. The molecule has 0 amide bonds. The van der Waals surface area contributed by atoms with Gasteiger partial charge in [-0.2, -0.15) is 0 Å². The molecule has 170 valence electrons. The molecule has 6 heteroatoms. The van der Waals surface area contributed by atoms with E-state index in [9.17, 15) is 10.2 Å². The maximum absolute atomic E-state index is 10.6. The molecule has 1 saturated heterocycles. The maximum Gasteiger partial charge on any atom is 0.127 e. The minimum absolute atomic E-state index is 0.236. The molecular weight excluding hydrogens is 404 g/mol. The number of piperazine rings is 1. The minimum atomic E-state index is -0.566. The van der Waals surface area contributed by atoms with Crippen LogP contribution in [0.5, 0.6) is 11.5 Å². The van der Waals surface area contributed by atoms with Crippen LogP contribution in [0.2, 0.25) is 0 Å². The lowest BCUT2D eigenvalue weighted by atomic mass is 9.97. The molecule has 3 aromatic rings. The quantitative estimate of drug-likeness (QED) is 0.479. The molecule has 1 unspecified atom stereocenters. The Morgan fingerprint density at radius 2 is 1.62 bits per heavy atom. The van der Waals surface area contributed by atoms with Crippen molar-refractivity contribution < 1.29 is 20.1 Å². The number of phenols is 1. The molecule has 0 aliphatic carbocycles. The fourth-order valence-electron chi connectivity index (χ4n) is 4.35. The lowest BCUT2D eigenvalue weighted by Gasteiger charge is -2.35. The molecule has 0 bridgehead atoms. The Morgan fingerprint density at radius 1 is 0.875 bits per heavy atom. The number of β-amino-alcohol motifs (C(OH)–C–C–N with tert-alkyl or cyclic N) is 1. The van der Waals surface area contributed by atoms with Gasteiger partial charge in [0, 0.05) is 51.3 Å². The van der Waals surface area contributed by atoms with E-state index < -0.39 is 6.10 Å². The van der Waals surface area contributed by atoms with Crippen molar-refractivity contribution >= 4 is 10.8 Å². The first-order chi connectivity index (χ1) is 15.6. The molecule has 1 atom stereocenters. The van der Waals surface area contributed by atoms with E-state index in [-0.39, 0.29) is 19.0 Å². The van der Waals surface area contributed by atoms with Gasteiger partial charge in [0.25, 0.3) is 0 Å². The van der Waals surface area contributed by atoms with Crippen molar-refractivity contribution in [2.24, 2.45) is 0 Å². The zero-order chi connectivity index (χ0) is 22.3. The average molecular weight is 437 g/mol. The Hall–Kier alpha value is -2.64. The molecule has 1 aliphatic rings. The van der Waals surface area contributed by atoms with Crippen LogP contribution in [-0.2, 0) is 0 Å². The van der Waals surface area contributed by atoms with Crippen molar-refractivity contribution in [1.29, 1.82) is 0 Å². The number of benzene rings is 3. The van der Waals surface area contributed by atoms with Crippen LogP contribution in [0, 0.1) is 0 Å². The molecule has 3 N–H and O–H groups in total. The summed E-state index contributed by atoms with van der Waals surface area (Å²) in [6.07, 6.45) is 0.248. The van der Waals surface area contributed by atoms with Gasteiger partial charge in [0.15, 0.2) is 0 Å². The number of nitrogens with zero attached hydrogens (tertiary/aromatic N) is 2. The summed E-state index contributed by atoms with van der Waals surface area (Å²) in [5.41, 5.74) is 1.98. The molecule has 0 radical (unpaired) electrons. The Kier molecular flexibility index (Phi) is 7.60. The standard InChI is InChI=1S/C26H32N2O4/c29-16-4-11-27-12-14-28(15-13-27)18-22(31)19-32-26-10-9-23(20-5-3-6-21(30)17-20)24-7-1-2-8-25(24)26/h1-3,5-10,17,22,29-31H,4,11-16,18-19H2. The summed E-state index contributed by atoms with van der Waals surface area (Å²) >= 11 is 0. The Balaban J connectivity index is 1.38. The SMILES string of the molecule is OCCCN1CCN(CC(O)COc2ccc(-c3cccc(O)c3)c3ccccc23)CC1. The third-order valence-electron chi connectivity index (χ3n) is 6.04. The molecule has 0 saturated carbocycles. The first-order valence-electron chi connectivity index (χ1n) is 11.3. The number of aliphatic hydroxyl groups excluding tert-OH is 2. The normalized spacial score (nSPS) is 16.3. The molecule has 3 aromatic carbocycles. The number of hydrogen-bond acceptors (Lipinski definition) is 6. The van der Waals surface area contributed by atoms with Crippen molar-refractivity contribution in [2.75, 3.05) is 52.5 Å². The first kappa shape index (κ1) is 22.6. The van der Waals surface area contributed by atoms with Gasteiger partial charge in [-0.1, -0.05) is 42.5 Å². The largest absolute Gasteiger partial charge is 0.508 e. The predicted octanol–water partition coefficient (Wildman–Crippen LogP) is 2.95. The van der Waals surface area contributed by atoms with Gasteiger partial charge in [-0.3, -0.25) is 4.90 Å². The molecule has 1 heterocycles. The van der Waals surface area contributed by atoms with Crippen LogP contribution in [0.25, 0.3) is 21.9 Å². The third kappa shape index (κ3) is 5.58. The van der Waals surface area contributed by atoms with Gasteiger partial charge in [0.05, 0.1) is 0 Å². The van der Waals surface area contributed by atoms with Gasteiger partial charge in [0.2, 0.25) is 0 Å². The van der Waals surface area contributed by atoms with E-state index in [4.69, 9.17) is 9.84 Å². The van der Waals surface area contributed by atoms with Gasteiger partial charge in [-0.15, -0.1) is 0 Å². The van der Waals surface area contributed by atoms with Crippen LogP contribution in [0.3, 0.4) is 0 Å². The summed E-state index contributed by atoms with van der Waals surface area (Å²) in [7, 11) is 0. The third-order valence-corrected chi connectivity index (χ3v) is 6.04. The fourth-order valence-corrected chi connectivity index (χ4v) is 4.35. The maximum atomic E-state index is 10.6. The Morgan fingerprint density at radius 3 is 2.38 bits per heavy atom.